The molecule has 2 aromatic rings. The van der Waals surface area contributed by atoms with E-state index in [9.17, 15) is 8.42 Å². The van der Waals surface area contributed by atoms with Crippen LogP contribution in [0.1, 0.15) is 28.3 Å². The van der Waals surface area contributed by atoms with E-state index in [1.165, 1.54) is 4.88 Å². The number of thiophene rings is 1. The number of sulfonamides is 1. The van der Waals surface area contributed by atoms with Crippen molar-refractivity contribution in [3.8, 4) is 0 Å². The fourth-order valence-corrected chi connectivity index (χ4v) is 4.34. The molecule has 0 saturated carbocycles. The molecule has 0 aliphatic carbocycles. The monoisotopic (exact) mass is 373 g/mol. The highest BCUT2D eigenvalue weighted by molar-refractivity contribution is 9.10. The van der Waals surface area contributed by atoms with Gasteiger partial charge in [-0.3, -0.25) is 0 Å². The molecule has 0 aliphatic heterocycles. The molecule has 1 aromatic heterocycles. The summed E-state index contributed by atoms with van der Waals surface area (Å²) < 4.78 is 28.3. The van der Waals surface area contributed by atoms with E-state index in [2.05, 4.69) is 20.7 Å². The molecule has 0 amide bonds. The van der Waals surface area contributed by atoms with Crippen LogP contribution in [0.2, 0.25) is 0 Å². The SMILES string of the molecule is Cc1ccc(C(C)NS(=O)(=O)c2ccc(Br)c(C)c2)s1. The summed E-state index contributed by atoms with van der Waals surface area (Å²) in [5.41, 5.74) is 0.896. The minimum atomic E-state index is -3.50. The van der Waals surface area contributed by atoms with E-state index >= 15 is 0 Å². The zero-order valence-electron chi connectivity index (χ0n) is 11.5. The molecule has 0 bridgehead atoms. The minimum absolute atomic E-state index is 0.234. The van der Waals surface area contributed by atoms with Gasteiger partial charge in [0, 0.05) is 14.2 Å². The van der Waals surface area contributed by atoms with Crippen molar-refractivity contribution in [2.24, 2.45) is 0 Å². The molecule has 1 aromatic carbocycles. The van der Waals surface area contributed by atoms with Crippen LogP contribution in [-0.2, 0) is 10.0 Å². The van der Waals surface area contributed by atoms with Gasteiger partial charge in [0.25, 0.3) is 0 Å². The minimum Gasteiger partial charge on any atom is -0.207 e. The Morgan fingerprint density at radius 2 is 1.90 bits per heavy atom. The number of benzene rings is 1. The zero-order chi connectivity index (χ0) is 14.9. The summed E-state index contributed by atoms with van der Waals surface area (Å²) in [5, 5.41) is 0. The maximum Gasteiger partial charge on any atom is 0.241 e. The summed E-state index contributed by atoms with van der Waals surface area (Å²) in [5.74, 6) is 0. The zero-order valence-corrected chi connectivity index (χ0v) is 14.7. The van der Waals surface area contributed by atoms with Gasteiger partial charge in [-0.1, -0.05) is 15.9 Å². The molecule has 0 aliphatic rings. The first-order valence-corrected chi connectivity index (χ1v) is 9.23. The topological polar surface area (TPSA) is 46.2 Å². The molecule has 1 heterocycles. The molecule has 0 spiro atoms. The lowest BCUT2D eigenvalue weighted by molar-refractivity contribution is 0.568. The van der Waals surface area contributed by atoms with Gasteiger partial charge in [-0.15, -0.1) is 11.3 Å². The van der Waals surface area contributed by atoms with Crippen LogP contribution in [0, 0.1) is 13.8 Å². The summed E-state index contributed by atoms with van der Waals surface area (Å²) in [6.45, 7) is 5.73. The molecule has 3 nitrogen and oxygen atoms in total. The molecule has 0 fully saturated rings. The number of hydrogen-bond donors (Lipinski definition) is 1. The van der Waals surface area contributed by atoms with Gasteiger partial charge in [0.2, 0.25) is 10.0 Å². The Hall–Kier alpha value is -0.690. The third kappa shape index (κ3) is 3.49. The van der Waals surface area contributed by atoms with Crippen molar-refractivity contribution in [2.45, 2.75) is 31.7 Å². The summed E-state index contributed by atoms with van der Waals surface area (Å²) in [6.07, 6.45) is 0. The van der Waals surface area contributed by atoms with Crippen molar-refractivity contribution in [2.75, 3.05) is 0 Å². The first-order valence-electron chi connectivity index (χ1n) is 6.14. The van der Waals surface area contributed by atoms with Gasteiger partial charge in [-0.05, 0) is 56.7 Å². The van der Waals surface area contributed by atoms with E-state index in [-0.39, 0.29) is 6.04 Å². The maximum atomic E-state index is 12.4. The van der Waals surface area contributed by atoms with Crippen molar-refractivity contribution in [1.82, 2.24) is 4.72 Å². The van der Waals surface area contributed by atoms with Crippen molar-refractivity contribution < 1.29 is 8.42 Å². The van der Waals surface area contributed by atoms with E-state index in [1.807, 2.05) is 32.9 Å². The van der Waals surface area contributed by atoms with E-state index in [0.29, 0.717) is 4.90 Å². The number of aryl methyl sites for hydroxylation is 2. The van der Waals surface area contributed by atoms with Gasteiger partial charge in [0.1, 0.15) is 0 Å². The summed E-state index contributed by atoms with van der Waals surface area (Å²) >= 11 is 4.98. The van der Waals surface area contributed by atoms with Crippen LogP contribution in [0.4, 0.5) is 0 Å². The second kappa shape index (κ2) is 5.97. The predicted molar refractivity (Wildman–Crippen MR) is 86.7 cm³/mol. The van der Waals surface area contributed by atoms with Crippen LogP contribution in [0.15, 0.2) is 39.7 Å². The second-order valence-corrected chi connectivity index (χ2v) is 8.59. The molecule has 20 heavy (non-hydrogen) atoms. The molecule has 1 unspecified atom stereocenters. The van der Waals surface area contributed by atoms with Crippen molar-refractivity contribution in [3.05, 3.63) is 50.1 Å². The summed E-state index contributed by atoms with van der Waals surface area (Å²) in [4.78, 5) is 2.48. The van der Waals surface area contributed by atoms with E-state index < -0.39 is 10.0 Å². The molecule has 108 valence electrons. The molecular formula is C14H16BrNO2S2. The van der Waals surface area contributed by atoms with Crippen LogP contribution in [0.3, 0.4) is 0 Å². The average Bonchev–Trinajstić information content (AvgIpc) is 2.79. The number of nitrogens with one attached hydrogen (secondary N) is 1. The van der Waals surface area contributed by atoms with Crippen LogP contribution < -0.4 is 4.72 Å². The molecule has 0 radical (unpaired) electrons. The summed E-state index contributed by atoms with van der Waals surface area (Å²) in [6, 6.07) is 8.74. The molecule has 6 heteroatoms. The Balaban J connectivity index is 2.24. The van der Waals surface area contributed by atoms with Crippen LogP contribution in [-0.4, -0.2) is 8.42 Å². The Bertz CT molecular complexity index is 723. The van der Waals surface area contributed by atoms with Crippen LogP contribution in [0.25, 0.3) is 0 Å². The van der Waals surface area contributed by atoms with Gasteiger partial charge in [0.15, 0.2) is 0 Å². The molecule has 2 rings (SSSR count). The normalized spacial score (nSPS) is 13.4. The highest BCUT2D eigenvalue weighted by Crippen LogP contribution is 2.25. The van der Waals surface area contributed by atoms with Crippen molar-refractivity contribution in [1.29, 1.82) is 0 Å². The van der Waals surface area contributed by atoms with Crippen molar-refractivity contribution >= 4 is 37.3 Å². The Morgan fingerprint density at radius 1 is 1.20 bits per heavy atom. The Morgan fingerprint density at radius 3 is 2.45 bits per heavy atom. The number of halogens is 1. The molecule has 1 N–H and O–H groups in total. The predicted octanol–water partition coefficient (Wildman–Crippen LogP) is 4.17. The standard InChI is InChI=1S/C14H16BrNO2S2/c1-9-8-12(5-6-13(9)15)20(17,18)16-11(3)14-7-4-10(2)19-14/h4-8,11,16H,1-3H3. The van der Waals surface area contributed by atoms with Gasteiger partial charge in [0.05, 0.1) is 10.9 Å². The third-order valence-corrected chi connectivity index (χ3v) is 6.57. The third-order valence-electron chi connectivity index (χ3n) is 2.96. The highest BCUT2D eigenvalue weighted by atomic mass is 79.9. The number of hydrogen-bond acceptors (Lipinski definition) is 3. The Labute approximate surface area is 132 Å². The fourth-order valence-electron chi connectivity index (χ4n) is 1.83. The lowest BCUT2D eigenvalue weighted by atomic mass is 10.2. The van der Waals surface area contributed by atoms with E-state index in [4.69, 9.17) is 0 Å². The quantitative estimate of drug-likeness (QED) is 0.873. The maximum absolute atomic E-state index is 12.4. The average molecular weight is 374 g/mol. The molecule has 1 atom stereocenters. The Kier molecular flexibility index (Phi) is 4.69. The number of rotatable bonds is 4. The van der Waals surface area contributed by atoms with Gasteiger partial charge >= 0.3 is 0 Å². The van der Waals surface area contributed by atoms with Gasteiger partial charge < -0.3 is 0 Å². The van der Waals surface area contributed by atoms with Gasteiger partial charge in [-0.25, -0.2) is 13.1 Å². The smallest absolute Gasteiger partial charge is 0.207 e. The van der Waals surface area contributed by atoms with Crippen LogP contribution >= 0.6 is 27.3 Å². The van der Waals surface area contributed by atoms with Gasteiger partial charge in [-0.2, -0.15) is 0 Å². The lowest BCUT2D eigenvalue weighted by Crippen LogP contribution is -2.26. The first-order chi connectivity index (χ1) is 9.29. The molecular weight excluding hydrogens is 358 g/mol. The molecule has 0 saturated heterocycles. The first kappa shape index (κ1) is 15.7. The summed E-state index contributed by atoms with van der Waals surface area (Å²) in [7, 11) is -3.50. The van der Waals surface area contributed by atoms with Crippen LogP contribution in [0.5, 0.6) is 0 Å². The van der Waals surface area contributed by atoms with E-state index in [0.717, 1.165) is 14.9 Å². The van der Waals surface area contributed by atoms with E-state index in [1.54, 1.807) is 29.5 Å². The second-order valence-electron chi connectivity index (χ2n) is 4.70. The van der Waals surface area contributed by atoms with Crippen molar-refractivity contribution in [3.63, 3.8) is 0 Å². The lowest BCUT2D eigenvalue weighted by Gasteiger charge is -2.13. The highest BCUT2D eigenvalue weighted by Gasteiger charge is 2.19. The largest absolute Gasteiger partial charge is 0.241 e. The fraction of sp³-hybridized carbons (Fsp3) is 0.286.